The van der Waals surface area contributed by atoms with Crippen molar-refractivity contribution in [1.82, 2.24) is 29.6 Å². The average Bonchev–Trinajstić information content (AvgIpc) is 3.23. The molecule has 9 nitrogen and oxygen atoms in total. The normalized spacial score (nSPS) is 11.6. The number of hydrogen-bond acceptors (Lipinski definition) is 5. The van der Waals surface area contributed by atoms with Gasteiger partial charge < -0.3 is 4.57 Å². The standard InChI is InChI=1S/C16H16ClFN6O3S/c1-23-7-14(19-9-23)10-5-12(15(18)13(17)6-10)16(25)21-22-28(26,27)8-11-3-4-20-24(11)2/h3-7,9,22H,8H2,1-2H3,(H,21,25). The maximum Gasteiger partial charge on any atom is 0.269 e. The molecule has 1 amide bonds. The first kappa shape index (κ1) is 20.0. The highest BCUT2D eigenvalue weighted by Crippen LogP contribution is 2.27. The first-order valence-corrected chi connectivity index (χ1v) is 9.93. The van der Waals surface area contributed by atoms with E-state index in [-0.39, 0.29) is 5.02 Å². The zero-order valence-corrected chi connectivity index (χ0v) is 16.4. The van der Waals surface area contributed by atoms with Crippen molar-refractivity contribution < 1.29 is 17.6 Å². The highest BCUT2D eigenvalue weighted by molar-refractivity contribution is 7.88. The van der Waals surface area contributed by atoms with Gasteiger partial charge in [-0.05, 0) is 18.2 Å². The number of nitrogens with zero attached hydrogens (tertiary/aromatic N) is 4. The van der Waals surface area contributed by atoms with Crippen LogP contribution in [0.1, 0.15) is 16.1 Å². The predicted molar refractivity (Wildman–Crippen MR) is 100 cm³/mol. The fourth-order valence-electron chi connectivity index (χ4n) is 2.43. The van der Waals surface area contributed by atoms with Crippen LogP contribution in [0, 0.1) is 5.82 Å². The second-order valence-corrected chi connectivity index (χ2v) is 8.13. The fourth-order valence-corrected chi connectivity index (χ4v) is 3.64. The Hall–Kier alpha value is -2.76. The molecule has 0 unspecified atom stereocenters. The lowest BCUT2D eigenvalue weighted by Crippen LogP contribution is -2.42. The van der Waals surface area contributed by atoms with Crippen LogP contribution in [0.15, 0.2) is 36.9 Å². The quantitative estimate of drug-likeness (QED) is 0.578. The van der Waals surface area contributed by atoms with Crippen molar-refractivity contribution in [2.45, 2.75) is 5.75 Å². The van der Waals surface area contributed by atoms with Crippen LogP contribution >= 0.6 is 11.6 Å². The Labute approximate surface area is 165 Å². The third-order valence-corrected chi connectivity index (χ3v) is 5.22. The van der Waals surface area contributed by atoms with Crippen LogP contribution in [0.2, 0.25) is 5.02 Å². The number of halogens is 2. The Morgan fingerprint density at radius 1 is 1.32 bits per heavy atom. The highest BCUT2D eigenvalue weighted by atomic mass is 35.5. The van der Waals surface area contributed by atoms with Crippen molar-refractivity contribution in [2.75, 3.05) is 0 Å². The van der Waals surface area contributed by atoms with Gasteiger partial charge in [0, 0.05) is 32.1 Å². The first-order chi connectivity index (χ1) is 13.2. The third-order valence-electron chi connectivity index (χ3n) is 3.85. The molecule has 0 aliphatic rings. The summed E-state index contributed by atoms with van der Waals surface area (Å²) in [7, 11) is -0.582. The number of benzene rings is 1. The van der Waals surface area contributed by atoms with Gasteiger partial charge in [-0.25, -0.2) is 17.8 Å². The van der Waals surface area contributed by atoms with Crippen LogP contribution in [0.3, 0.4) is 0 Å². The summed E-state index contributed by atoms with van der Waals surface area (Å²) in [6.45, 7) is 0. The van der Waals surface area contributed by atoms with E-state index in [1.165, 1.54) is 29.1 Å². The summed E-state index contributed by atoms with van der Waals surface area (Å²) in [6, 6.07) is 4.10. The second kappa shape index (κ2) is 7.70. The molecule has 3 aromatic rings. The number of hydrazine groups is 1. The van der Waals surface area contributed by atoms with Gasteiger partial charge in [-0.15, -0.1) is 4.83 Å². The molecule has 0 fully saturated rings. The van der Waals surface area contributed by atoms with Crippen molar-refractivity contribution in [3.8, 4) is 11.3 Å². The van der Waals surface area contributed by atoms with Crippen LogP contribution < -0.4 is 10.3 Å². The van der Waals surface area contributed by atoms with Gasteiger partial charge >= 0.3 is 0 Å². The van der Waals surface area contributed by atoms with E-state index in [4.69, 9.17) is 11.6 Å². The molecule has 0 radical (unpaired) electrons. The van der Waals surface area contributed by atoms with Crippen LogP contribution in [-0.4, -0.2) is 33.7 Å². The summed E-state index contributed by atoms with van der Waals surface area (Å²) >= 11 is 5.88. The monoisotopic (exact) mass is 426 g/mol. The van der Waals surface area contributed by atoms with Gasteiger partial charge in [0.25, 0.3) is 5.91 Å². The molecule has 0 bridgehead atoms. The van der Waals surface area contributed by atoms with E-state index in [0.717, 1.165) is 0 Å². The summed E-state index contributed by atoms with van der Waals surface area (Å²) in [5, 5.41) is 3.58. The second-order valence-electron chi connectivity index (χ2n) is 6.01. The number of hydrogen-bond donors (Lipinski definition) is 2. The van der Waals surface area contributed by atoms with Crippen molar-refractivity contribution in [3.63, 3.8) is 0 Å². The summed E-state index contributed by atoms with van der Waals surface area (Å²) in [4.78, 5) is 18.4. The molecule has 2 N–H and O–H groups in total. The number of carbonyl (C=O) groups is 1. The van der Waals surface area contributed by atoms with Crippen LogP contribution in [-0.2, 0) is 29.9 Å². The van der Waals surface area contributed by atoms with Crippen molar-refractivity contribution in [1.29, 1.82) is 0 Å². The molecular formula is C16H16ClFN6O3S. The van der Waals surface area contributed by atoms with Crippen molar-refractivity contribution in [2.24, 2.45) is 14.1 Å². The van der Waals surface area contributed by atoms with E-state index in [1.54, 1.807) is 31.2 Å². The molecule has 0 atom stereocenters. The van der Waals surface area contributed by atoms with Crippen LogP contribution in [0.4, 0.5) is 4.39 Å². The number of sulfonamides is 1. The van der Waals surface area contributed by atoms with E-state index < -0.39 is 33.1 Å². The Balaban J connectivity index is 1.78. The molecule has 0 saturated heterocycles. The molecule has 3 rings (SSSR count). The van der Waals surface area contributed by atoms with Gasteiger partial charge in [0.05, 0.1) is 28.3 Å². The molecule has 148 valence electrons. The number of carbonyl (C=O) groups excluding carboxylic acids is 1. The van der Waals surface area contributed by atoms with E-state index >= 15 is 0 Å². The minimum atomic E-state index is -3.93. The minimum absolute atomic E-state index is 0.286. The Bertz CT molecular complexity index is 1140. The van der Waals surface area contributed by atoms with Crippen molar-refractivity contribution in [3.05, 3.63) is 59.0 Å². The predicted octanol–water partition coefficient (Wildman–Crippen LogP) is 1.38. The lowest BCUT2D eigenvalue weighted by Gasteiger charge is -2.11. The number of aromatic nitrogens is 4. The van der Waals surface area contributed by atoms with E-state index in [0.29, 0.717) is 17.0 Å². The van der Waals surface area contributed by atoms with E-state index in [1.807, 2.05) is 10.3 Å². The molecule has 0 saturated carbocycles. The molecule has 0 spiro atoms. The number of rotatable bonds is 6. The summed E-state index contributed by atoms with van der Waals surface area (Å²) < 4.78 is 41.6. The Kier molecular flexibility index (Phi) is 5.49. The summed E-state index contributed by atoms with van der Waals surface area (Å²) in [6.07, 6.45) is 4.66. The largest absolute Gasteiger partial charge is 0.340 e. The van der Waals surface area contributed by atoms with E-state index in [2.05, 4.69) is 10.1 Å². The maximum absolute atomic E-state index is 14.3. The molecule has 2 aromatic heterocycles. The highest BCUT2D eigenvalue weighted by Gasteiger charge is 2.20. The minimum Gasteiger partial charge on any atom is -0.340 e. The maximum atomic E-state index is 14.3. The summed E-state index contributed by atoms with van der Waals surface area (Å²) in [5.41, 5.74) is 2.88. The molecule has 1 aromatic carbocycles. The first-order valence-electron chi connectivity index (χ1n) is 7.90. The van der Waals surface area contributed by atoms with Crippen LogP contribution in [0.5, 0.6) is 0 Å². The van der Waals surface area contributed by atoms with Gasteiger partial charge in [-0.1, -0.05) is 11.6 Å². The van der Waals surface area contributed by atoms with E-state index in [9.17, 15) is 17.6 Å². The number of aryl methyl sites for hydroxylation is 2. The zero-order chi connectivity index (χ0) is 20.5. The van der Waals surface area contributed by atoms with Gasteiger partial charge in [-0.2, -0.15) is 5.10 Å². The molecule has 0 aliphatic heterocycles. The Morgan fingerprint density at radius 3 is 2.68 bits per heavy atom. The van der Waals surface area contributed by atoms with Gasteiger partial charge in [0.15, 0.2) is 5.82 Å². The lowest BCUT2D eigenvalue weighted by molar-refractivity contribution is 0.0941. The fraction of sp³-hybridized carbons (Fsp3) is 0.188. The number of nitrogens with one attached hydrogen (secondary N) is 2. The van der Waals surface area contributed by atoms with Gasteiger partial charge in [0.2, 0.25) is 10.0 Å². The van der Waals surface area contributed by atoms with Crippen LogP contribution in [0.25, 0.3) is 11.3 Å². The lowest BCUT2D eigenvalue weighted by atomic mass is 10.1. The molecular weight excluding hydrogens is 411 g/mol. The number of amides is 1. The third kappa shape index (κ3) is 4.38. The zero-order valence-electron chi connectivity index (χ0n) is 14.8. The topological polar surface area (TPSA) is 111 Å². The molecule has 2 heterocycles. The van der Waals surface area contributed by atoms with Gasteiger partial charge in [-0.3, -0.25) is 14.9 Å². The SMILES string of the molecule is Cn1cnc(-c2cc(Cl)c(F)c(C(=O)NNS(=O)(=O)Cc3ccnn3C)c2)c1. The summed E-state index contributed by atoms with van der Waals surface area (Å²) in [5.74, 6) is -2.38. The number of imidazole rings is 1. The molecule has 12 heteroatoms. The smallest absolute Gasteiger partial charge is 0.269 e. The molecule has 28 heavy (non-hydrogen) atoms. The Morgan fingerprint density at radius 2 is 2.07 bits per heavy atom. The average molecular weight is 427 g/mol. The van der Waals surface area contributed by atoms with Crippen molar-refractivity contribution >= 4 is 27.5 Å². The van der Waals surface area contributed by atoms with Gasteiger partial charge in [0.1, 0.15) is 5.75 Å². The molecule has 0 aliphatic carbocycles.